The van der Waals surface area contributed by atoms with Crippen LogP contribution in [0.15, 0.2) is 11.6 Å². The van der Waals surface area contributed by atoms with Crippen LogP contribution in [-0.4, -0.2) is 16.8 Å². The first kappa shape index (κ1) is 8.86. The summed E-state index contributed by atoms with van der Waals surface area (Å²) in [6.45, 7) is 1.65. The van der Waals surface area contributed by atoms with Crippen molar-refractivity contribution in [3.63, 3.8) is 0 Å². The first-order chi connectivity index (χ1) is 5.52. The minimum atomic E-state index is -0.627. The highest BCUT2D eigenvalue weighted by atomic mass is 32.1. The summed E-state index contributed by atoms with van der Waals surface area (Å²) in [6, 6.07) is 0. The average Bonchev–Trinajstić information content (AvgIpc) is 1.82. The molecule has 0 fully saturated rings. The number of amides is 2. The van der Waals surface area contributed by atoms with Crippen molar-refractivity contribution in [1.29, 1.82) is 0 Å². The number of carbonyl (C=O) groups excluding carboxylic acids is 2. The van der Waals surface area contributed by atoms with Gasteiger partial charge in [-0.3, -0.25) is 9.59 Å². The van der Waals surface area contributed by atoms with E-state index in [2.05, 4.69) is 5.32 Å². The third kappa shape index (κ3) is 1.50. The molecule has 0 bridgehead atoms. The topological polar surface area (TPSA) is 72.2 Å². The zero-order valence-corrected chi connectivity index (χ0v) is 7.27. The molecule has 0 saturated carbocycles. The summed E-state index contributed by atoms with van der Waals surface area (Å²) in [7, 11) is 0. The second-order valence-corrected chi connectivity index (χ2v) is 3.02. The Morgan fingerprint density at radius 1 is 1.75 bits per heavy atom. The molecule has 4 nitrogen and oxygen atoms in total. The lowest BCUT2D eigenvalue weighted by Crippen LogP contribution is -2.44. The zero-order valence-electron chi connectivity index (χ0n) is 6.46. The molecule has 0 radical (unpaired) electrons. The van der Waals surface area contributed by atoms with E-state index in [0.29, 0.717) is 5.57 Å². The summed E-state index contributed by atoms with van der Waals surface area (Å²) in [5.74, 6) is -1.46. The summed E-state index contributed by atoms with van der Waals surface area (Å²) in [4.78, 5) is 21.8. The number of carbonyl (C=O) groups is 2. The van der Waals surface area contributed by atoms with Crippen LogP contribution in [0.1, 0.15) is 6.92 Å². The highest BCUT2D eigenvalue weighted by Gasteiger charge is 2.27. The Morgan fingerprint density at radius 3 is 2.75 bits per heavy atom. The standard InChI is InChI=1S/C7H8N2O2S/c1-3-2-4(10)9-7(12)5(3)6(8)11/h2,5H,1H3,(H2,8,11)(H,9,10,12). The van der Waals surface area contributed by atoms with Crippen molar-refractivity contribution >= 4 is 29.0 Å². The molecule has 0 aromatic carbocycles. The highest BCUT2D eigenvalue weighted by molar-refractivity contribution is 7.80. The molecule has 2 amide bonds. The number of nitrogens with one attached hydrogen (secondary N) is 1. The van der Waals surface area contributed by atoms with Gasteiger partial charge in [0.15, 0.2) is 0 Å². The zero-order chi connectivity index (χ0) is 9.30. The summed E-state index contributed by atoms with van der Waals surface area (Å²) < 4.78 is 0. The Bertz CT molecular complexity index is 296. The molecule has 1 unspecified atom stereocenters. The maximum absolute atomic E-state index is 10.8. The van der Waals surface area contributed by atoms with Gasteiger partial charge in [-0.25, -0.2) is 0 Å². The van der Waals surface area contributed by atoms with Gasteiger partial charge < -0.3 is 11.1 Å². The molecule has 1 rings (SSSR count). The van der Waals surface area contributed by atoms with Gasteiger partial charge in [-0.2, -0.15) is 0 Å². The maximum atomic E-state index is 10.8. The largest absolute Gasteiger partial charge is 0.369 e. The Kier molecular flexibility index (Phi) is 2.23. The van der Waals surface area contributed by atoms with Crippen molar-refractivity contribution in [2.45, 2.75) is 6.92 Å². The minimum absolute atomic E-state index is 0.188. The molecule has 1 heterocycles. The molecule has 64 valence electrons. The van der Waals surface area contributed by atoms with Crippen LogP contribution in [0.25, 0.3) is 0 Å². The van der Waals surface area contributed by atoms with E-state index in [1.54, 1.807) is 6.92 Å². The second kappa shape index (κ2) is 3.02. The van der Waals surface area contributed by atoms with Gasteiger partial charge in [-0.05, 0) is 12.5 Å². The van der Waals surface area contributed by atoms with Gasteiger partial charge in [-0.15, -0.1) is 0 Å². The number of hydrogen-bond acceptors (Lipinski definition) is 3. The van der Waals surface area contributed by atoms with Crippen molar-refractivity contribution in [3.05, 3.63) is 11.6 Å². The molecule has 0 aromatic heterocycles. The number of thiocarbonyl (C=S) groups is 1. The summed E-state index contributed by atoms with van der Waals surface area (Å²) >= 11 is 4.78. The molecular formula is C7H8N2O2S. The van der Waals surface area contributed by atoms with Gasteiger partial charge in [0.1, 0.15) is 5.92 Å². The normalized spacial score (nSPS) is 23.1. The van der Waals surface area contributed by atoms with Crippen molar-refractivity contribution in [2.24, 2.45) is 11.7 Å². The third-order valence-electron chi connectivity index (χ3n) is 1.61. The molecule has 5 heteroatoms. The summed E-state index contributed by atoms with van der Waals surface area (Å²) in [5.41, 5.74) is 5.67. The first-order valence-electron chi connectivity index (χ1n) is 3.34. The van der Waals surface area contributed by atoms with Crippen LogP contribution in [0.2, 0.25) is 0 Å². The van der Waals surface area contributed by atoms with Crippen LogP contribution < -0.4 is 11.1 Å². The van der Waals surface area contributed by atoms with Crippen molar-refractivity contribution < 1.29 is 9.59 Å². The van der Waals surface area contributed by atoms with Crippen LogP contribution in [0.5, 0.6) is 0 Å². The Balaban J connectivity index is 3.01. The lowest BCUT2D eigenvalue weighted by atomic mass is 9.96. The fourth-order valence-corrected chi connectivity index (χ4v) is 1.48. The lowest BCUT2D eigenvalue weighted by Gasteiger charge is -2.19. The number of primary amides is 1. The van der Waals surface area contributed by atoms with Gasteiger partial charge in [0.25, 0.3) is 0 Å². The van der Waals surface area contributed by atoms with E-state index in [0.717, 1.165) is 0 Å². The van der Waals surface area contributed by atoms with E-state index < -0.39 is 11.8 Å². The van der Waals surface area contributed by atoms with Crippen molar-refractivity contribution in [3.8, 4) is 0 Å². The Morgan fingerprint density at radius 2 is 2.33 bits per heavy atom. The van der Waals surface area contributed by atoms with Crippen LogP contribution in [0.3, 0.4) is 0 Å². The smallest absolute Gasteiger partial charge is 0.248 e. The van der Waals surface area contributed by atoms with E-state index >= 15 is 0 Å². The van der Waals surface area contributed by atoms with Crippen molar-refractivity contribution in [1.82, 2.24) is 5.32 Å². The van der Waals surface area contributed by atoms with E-state index in [-0.39, 0.29) is 10.9 Å². The van der Waals surface area contributed by atoms with Crippen LogP contribution in [0, 0.1) is 5.92 Å². The van der Waals surface area contributed by atoms with Crippen LogP contribution >= 0.6 is 12.2 Å². The van der Waals surface area contributed by atoms with E-state index in [1.807, 2.05) is 0 Å². The first-order valence-corrected chi connectivity index (χ1v) is 3.75. The number of nitrogens with two attached hydrogens (primary N) is 1. The third-order valence-corrected chi connectivity index (χ3v) is 1.94. The SMILES string of the molecule is CC1=CC(=O)NC(=S)C1C(N)=O. The highest BCUT2D eigenvalue weighted by Crippen LogP contribution is 2.14. The summed E-state index contributed by atoms with van der Waals surface area (Å²) in [6.07, 6.45) is 1.32. The molecule has 1 aliphatic rings. The molecule has 1 atom stereocenters. The molecule has 1 aliphatic heterocycles. The average molecular weight is 184 g/mol. The molecule has 0 aliphatic carbocycles. The maximum Gasteiger partial charge on any atom is 0.248 e. The Labute approximate surface area is 74.8 Å². The monoisotopic (exact) mass is 184 g/mol. The molecule has 12 heavy (non-hydrogen) atoms. The number of hydrogen-bond donors (Lipinski definition) is 2. The second-order valence-electron chi connectivity index (χ2n) is 2.58. The van der Waals surface area contributed by atoms with E-state index in [9.17, 15) is 9.59 Å². The van der Waals surface area contributed by atoms with Gasteiger partial charge in [0.05, 0.1) is 4.99 Å². The molecule has 0 saturated heterocycles. The fraction of sp³-hybridized carbons (Fsp3) is 0.286. The minimum Gasteiger partial charge on any atom is -0.369 e. The lowest BCUT2D eigenvalue weighted by molar-refractivity contribution is -0.119. The predicted octanol–water partition coefficient (Wildman–Crippen LogP) is -0.509. The number of rotatable bonds is 1. The van der Waals surface area contributed by atoms with Gasteiger partial charge in [0, 0.05) is 6.08 Å². The van der Waals surface area contributed by atoms with E-state index in [4.69, 9.17) is 18.0 Å². The summed E-state index contributed by atoms with van der Waals surface area (Å²) in [5, 5.41) is 2.36. The van der Waals surface area contributed by atoms with Crippen LogP contribution in [-0.2, 0) is 9.59 Å². The van der Waals surface area contributed by atoms with Crippen LogP contribution in [0.4, 0.5) is 0 Å². The molecule has 0 aromatic rings. The predicted molar refractivity (Wildman–Crippen MR) is 47.2 cm³/mol. The van der Waals surface area contributed by atoms with E-state index in [1.165, 1.54) is 6.08 Å². The van der Waals surface area contributed by atoms with Gasteiger partial charge in [-0.1, -0.05) is 12.2 Å². The van der Waals surface area contributed by atoms with Crippen molar-refractivity contribution in [2.75, 3.05) is 0 Å². The Hall–Kier alpha value is -1.23. The fourth-order valence-electron chi connectivity index (χ4n) is 1.08. The van der Waals surface area contributed by atoms with Gasteiger partial charge in [0.2, 0.25) is 11.8 Å². The van der Waals surface area contributed by atoms with Gasteiger partial charge >= 0.3 is 0 Å². The molecule has 0 spiro atoms. The molecule has 3 N–H and O–H groups in total. The quantitative estimate of drug-likeness (QED) is 0.539. The molecular weight excluding hydrogens is 176 g/mol.